The molecule has 0 spiro atoms. The lowest BCUT2D eigenvalue weighted by Crippen LogP contribution is -2.21. The lowest BCUT2D eigenvalue weighted by atomic mass is 10.1. The van der Waals surface area contributed by atoms with E-state index >= 15 is 0 Å². The average Bonchev–Trinajstić information content (AvgIpc) is 2.26. The summed E-state index contributed by atoms with van der Waals surface area (Å²) in [5.74, 6) is 0.387. The number of rotatable bonds is 12. The summed E-state index contributed by atoms with van der Waals surface area (Å²) in [6, 6.07) is 0. The average molecular weight is 241 g/mol. The third-order valence-corrected chi connectivity index (χ3v) is 3.05. The van der Waals surface area contributed by atoms with Crippen molar-refractivity contribution >= 4 is 5.78 Å². The van der Waals surface area contributed by atoms with Crippen molar-refractivity contribution in [2.75, 3.05) is 20.6 Å². The molecule has 0 aliphatic rings. The number of ketones is 1. The van der Waals surface area contributed by atoms with Crippen molar-refractivity contribution in [3.63, 3.8) is 0 Å². The van der Waals surface area contributed by atoms with Gasteiger partial charge in [-0.05, 0) is 20.5 Å². The number of Topliss-reactive ketones (excluding diaryl/α,β-unsaturated/α-hetero) is 1. The van der Waals surface area contributed by atoms with Crippen molar-refractivity contribution in [2.24, 2.45) is 0 Å². The predicted molar refractivity (Wildman–Crippen MR) is 75.4 cm³/mol. The molecule has 0 saturated heterocycles. The maximum Gasteiger partial charge on any atom is 0.146 e. The van der Waals surface area contributed by atoms with Gasteiger partial charge in [0.15, 0.2) is 0 Å². The summed E-state index contributed by atoms with van der Waals surface area (Å²) < 4.78 is 0. The van der Waals surface area contributed by atoms with Crippen LogP contribution >= 0.6 is 0 Å². The SMILES string of the molecule is CCCCCCCCCCCC(=O)CN(C)C. The summed E-state index contributed by atoms with van der Waals surface area (Å²) in [5.41, 5.74) is 0. The molecule has 0 radical (unpaired) electrons. The Morgan fingerprint density at radius 1 is 0.824 bits per heavy atom. The van der Waals surface area contributed by atoms with Crippen LogP contribution in [0, 0.1) is 0 Å². The maximum absolute atomic E-state index is 11.4. The van der Waals surface area contributed by atoms with Gasteiger partial charge in [0, 0.05) is 6.42 Å². The van der Waals surface area contributed by atoms with Gasteiger partial charge >= 0.3 is 0 Å². The molecule has 0 unspecified atom stereocenters. The highest BCUT2D eigenvalue weighted by atomic mass is 16.1. The maximum atomic E-state index is 11.4. The van der Waals surface area contributed by atoms with E-state index in [0.29, 0.717) is 12.3 Å². The molecule has 0 fully saturated rings. The first kappa shape index (κ1) is 16.6. The number of hydrogen-bond donors (Lipinski definition) is 0. The van der Waals surface area contributed by atoms with Crippen LogP contribution in [-0.4, -0.2) is 31.3 Å². The van der Waals surface area contributed by atoms with Gasteiger partial charge < -0.3 is 4.90 Å². The zero-order valence-electron chi connectivity index (χ0n) is 12.1. The van der Waals surface area contributed by atoms with E-state index in [1.165, 1.54) is 51.4 Å². The third-order valence-electron chi connectivity index (χ3n) is 3.05. The van der Waals surface area contributed by atoms with Crippen molar-refractivity contribution in [2.45, 2.75) is 71.1 Å². The standard InChI is InChI=1S/C15H31NO/c1-4-5-6-7-8-9-10-11-12-13-15(17)14-16(2)3/h4-14H2,1-3H3. The molecule has 0 aromatic rings. The van der Waals surface area contributed by atoms with Crippen molar-refractivity contribution in [1.29, 1.82) is 0 Å². The van der Waals surface area contributed by atoms with Crippen LogP contribution in [0.2, 0.25) is 0 Å². The summed E-state index contributed by atoms with van der Waals surface area (Å²) in [6.45, 7) is 2.86. The Labute approximate surface area is 108 Å². The highest BCUT2D eigenvalue weighted by Crippen LogP contribution is 2.10. The molecule has 102 valence electrons. The van der Waals surface area contributed by atoms with Crippen molar-refractivity contribution in [3.05, 3.63) is 0 Å². The van der Waals surface area contributed by atoms with Crippen molar-refractivity contribution in [3.8, 4) is 0 Å². The van der Waals surface area contributed by atoms with E-state index in [-0.39, 0.29) is 0 Å². The van der Waals surface area contributed by atoms with Crippen LogP contribution in [-0.2, 0) is 4.79 Å². The molecule has 17 heavy (non-hydrogen) atoms. The van der Waals surface area contributed by atoms with Crippen LogP contribution in [0.1, 0.15) is 71.1 Å². The van der Waals surface area contributed by atoms with Crippen LogP contribution in [0.4, 0.5) is 0 Å². The first-order valence-corrected chi connectivity index (χ1v) is 7.33. The molecule has 0 aliphatic carbocycles. The second-order valence-electron chi connectivity index (χ2n) is 5.35. The molecular formula is C15H31NO. The molecule has 0 rings (SSSR count). The molecule has 0 N–H and O–H groups in total. The molecule has 0 aromatic carbocycles. The number of carbonyl (C=O) groups excluding carboxylic acids is 1. The Morgan fingerprint density at radius 3 is 1.76 bits per heavy atom. The molecule has 0 saturated carbocycles. The minimum atomic E-state index is 0.387. The smallest absolute Gasteiger partial charge is 0.146 e. The highest BCUT2D eigenvalue weighted by Gasteiger charge is 2.02. The summed E-state index contributed by atoms with van der Waals surface area (Å²) in [4.78, 5) is 13.4. The van der Waals surface area contributed by atoms with E-state index in [9.17, 15) is 4.79 Å². The van der Waals surface area contributed by atoms with E-state index in [1.54, 1.807) is 0 Å². The summed E-state index contributed by atoms with van der Waals surface area (Å²) >= 11 is 0. The van der Waals surface area contributed by atoms with Crippen molar-refractivity contribution < 1.29 is 4.79 Å². The van der Waals surface area contributed by atoms with E-state index in [4.69, 9.17) is 0 Å². The summed E-state index contributed by atoms with van der Waals surface area (Å²) in [6.07, 6.45) is 12.6. The van der Waals surface area contributed by atoms with Gasteiger partial charge in [-0.1, -0.05) is 58.3 Å². The number of carbonyl (C=O) groups is 1. The molecular weight excluding hydrogens is 210 g/mol. The fraction of sp³-hybridized carbons (Fsp3) is 0.933. The van der Waals surface area contributed by atoms with Gasteiger partial charge in [-0.2, -0.15) is 0 Å². The van der Waals surface area contributed by atoms with Crippen LogP contribution in [0.5, 0.6) is 0 Å². The summed E-state index contributed by atoms with van der Waals surface area (Å²) in [5, 5.41) is 0. The Morgan fingerprint density at radius 2 is 1.29 bits per heavy atom. The van der Waals surface area contributed by atoms with Gasteiger partial charge in [0.2, 0.25) is 0 Å². The second-order valence-corrected chi connectivity index (χ2v) is 5.35. The number of hydrogen-bond acceptors (Lipinski definition) is 2. The zero-order chi connectivity index (χ0) is 12.9. The van der Waals surface area contributed by atoms with E-state index in [2.05, 4.69) is 6.92 Å². The Bertz CT molecular complexity index is 178. The first-order chi connectivity index (χ1) is 8.16. The van der Waals surface area contributed by atoms with Gasteiger partial charge in [0.25, 0.3) is 0 Å². The Hall–Kier alpha value is -0.370. The lowest BCUT2D eigenvalue weighted by Gasteiger charge is -2.07. The van der Waals surface area contributed by atoms with Crippen molar-refractivity contribution in [1.82, 2.24) is 4.90 Å². The minimum absolute atomic E-state index is 0.387. The fourth-order valence-corrected chi connectivity index (χ4v) is 2.06. The second kappa shape index (κ2) is 12.1. The molecule has 2 nitrogen and oxygen atoms in total. The quantitative estimate of drug-likeness (QED) is 0.481. The van der Waals surface area contributed by atoms with E-state index < -0.39 is 0 Å². The third kappa shape index (κ3) is 13.6. The van der Waals surface area contributed by atoms with Gasteiger partial charge in [-0.15, -0.1) is 0 Å². The number of unbranched alkanes of at least 4 members (excludes halogenated alkanes) is 8. The Balaban J connectivity index is 3.10. The highest BCUT2D eigenvalue weighted by molar-refractivity contribution is 5.80. The van der Waals surface area contributed by atoms with E-state index in [0.717, 1.165) is 12.8 Å². The molecule has 0 heterocycles. The molecule has 0 amide bonds. The Kier molecular flexibility index (Phi) is 11.8. The lowest BCUT2D eigenvalue weighted by molar-refractivity contribution is -0.119. The van der Waals surface area contributed by atoms with Crippen LogP contribution < -0.4 is 0 Å². The molecule has 2 heteroatoms. The molecule has 0 bridgehead atoms. The number of nitrogens with zero attached hydrogens (tertiary/aromatic N) is 1. The molecule has 0 aliphatic heterocycles. The largest absolute Gasteiger partial charge is 0.302 e. The predicted octanol–water partition coefficient (Wildman–Crippen LogP) is 4.04. The van der Waals surface area contributed by atoms with Crippen LogP contribution in [0.25, 0.3) is 0 Å². The fourth-order valence-electron chi connectivity index (χ4n) is 2.06. The topological polar surface area (TPSA) is 20.3 Å². The first-order valence-electron chi connectivity index (χ1n) is 7.33. The zero-order valence-corrected chi connectivity index (χ0v) is 12.1. The van der Waals surface area contributed by atoms with E-state index in [1.807, 2.05) is 19.0 Å². The minimum Gasteiger partial charge on any atom is -0.302 e. The van der Waals surface area contributed by atoms with Gasteiger partial charge in [0.05, 0.1) is 6.54 Å². The number of likely N-dealkylation sites (N-methyl/N-ethyl adjacent to an activating group) is 1. The molecule has 0 aromatic heterocycles. The van der Waals surface area contributed by atoms with Crippen LogP contribution in [0.15, 0.2) is 0 Å². The van der Waals surface area contributed by atoms with Gasteiger partial charge in [-0.25, -0.2) is 0 Å². The van der Waals surface area contributed by atoms with Gasteiger partial charge in [0.1, 0.15) is 5.78 Å². The van der Waals surface area contributed by atoms with Crippen LogP contribution in [0.3, 0.4) is 0 Å². The molecule has 0 atom stereocenters. The normalized spacial score (nSPS) is 11.1. The van der Waals surface area contributed by atoms with Gasteiger partial charge in [-0.3, -0.25) is 4.79 Å². The summed E-state index contributed by atoms with van der Waals surface area (Å²) in [7, 11) is 3.91. The monoisotopic (exact) mass is 241 g/mol.